The number of carbonyl (C=O) groups excluding carboxylic acids is 1. The minimum Gasteiger partial charge on any atom is -0.481 e. The molecule has 0 fully saturated rings. The maximum Gasteiger partial charge on any atom is 0.303 e. The number of carbonyl (C=O) groups is 2. The fourth-order valence-corrected chi connectivity index (χ4v) is 6.30. The number of carboxylic acid groups (broad SMARTS) is 1. The van der Waals surface area contributed by atoms with E-state index in [2.05, 4.69) is 45.0 Å². The molecule has 4 aromatic rings. The number of nitrogens with zero attached hydrogens (tertiary/aromatic N) is 4. The lowest BCUT2D eigenvalue weighted by Gasteiger charge is -2.21. The molecule has 0 atom stereocenters. The monoisotopic (exact) mass is 580 g/mol. The quantitative estimate of drug-likeness (QED) is 0.147. The van der Waals surface area contributed by atoms with Gasteiger partial charge in [-0.25, -0.2) is 9.97 Å². The number of anilines is 1. The van der Waals surface area contributed by atoms with Crippen LogP contribution >= 0.6 is 22.7 Å². The highest BCUT2D eigenvalue weighted by Gasteiger charge is 2.17. The molecular formula is C29H36N6O3S2. The number of benzene rings is 1. The molecule has 0 aliphatic carbocycles. The van der Waals surface area contributed by atoms with Gasteiger partial charge in [0.2, 0.25) is 5.91 Å². The second-order valence-corrected chi connectivity index (χ2v) is 11.4. The highest BCUT2D eigenvalue weighted by molar-refractivity contribution is 7.19. The molecule has 0 aliphatic heterocycles. The molecule has 3 aromatic heterocycles. The van der Waals surface area contributed by atoms with Crippen LogP contribution in [0.5, 0.6) is 0 Å². The number of aliphatic carboxylic acids is 1. The highest BCUT2D eigenvalue weighted by atomic mass is 32.1. The minimum atomic E-state index is -0.772. The molecule has 0 unspecified atom stereocenters. The maximum atomic E-state index is 11.8. The molecule has 0 bridgehead atoms. The van der Waals surface area contributed by atoms with E-state index < -0.39 is 5.97 Å². The molecule has 0 radical (unpaired) electrons. The van der Waals surface area contributed by atoms with Gasteiger partial charge in [-0.05, 0) is 44.0 Å². The Bertz CT molecular complexity index is 1410. The Kier molecular flexibility index (Phi) is 11.0. The standard InChI is InChI=1S/C29H36N6O3S2/c1-3-5-8-13-35(14-9-11-27(37)38)29-34-24(19-39-29)20-15-21(22-10-6-7-12-32-22)28-23(16-20)33-26(40-28)18-30-17-25(36)31-4-2/h6-7,10,12,15-16,19,30H,3-5,8-9,11,13-14,17-18H2,1-2H3,(H,31,36)(H,37,38). The third kappa shape index (κ3) is 8.06. The number of unbranched alkanes of at least 4 members (excludes halogenated alkanes) is 2. The van der Waals surface area contributed by atoms with Crippen molar-refractivity contribution in [1.82, 2.24) is 25.6 Å². The summed E-state index contributed by atoms with van der Waals surface area (Å²) >= 11 is 3.19. The average molecular weight is 581 g/mol. The Hall–Kier alpha value is -3.41. The lowest BCUT2D eigenvalue weighted by Crippen LogP contribution is -2.33. The Morgan fingerprint density at radius 1 is 1.05 bits per heavy atom. The molecule has 0 saturated carbocycles. The van der Waals surface area contributed by atoms with Crippen molar-refractivity contribution in [2.45, 2.75) is 52.5 Å². The van der Waals surface area contributed by atoms with Gasteiger partial charge in [0.05, 0.1) is 28.1 Å². The van der Waals surface area contributed by atoms with Gasteiger partial charge in [-0.15, -0.1) is 22.7 Å². The minimum absolute atomic E-state index is 0.0360. The lowest BCUT2D eigenvalue weighted by molar-refractivity contribution is -0.137. The predicted octanol–water partition coefficient (Wildman–Crippen LogP) is 5.57. The molecular weight excluding hydrogens is 544 g/mol. The van der Waals surface area contributed by atoms with Crippen molar-refractivity contribution in [2.24, 2.45) is 0 Å². The Balaban J connectivity index is 1.62. The second-order valence-electron chi connectivity index (χ2n) is 9.46. The van der Waals surface area contributed by atoms with E-state index >= 15 is 0 Å². The van der Waals surface area contributed by atoms with Gasteiger partial charge in [-0.3, -0.25) is 14.6 Å². The summed E-state index contributed by atoms with van der Waals surface area (Å²) in [7, 11) is 0. The number of hydrogen-bond acceptors (Lipinski definition) is 9. The number of hydrogen-bond donors (Lipinski definition) is 3. The predicted molar refractivity (Wildman–Crippen MR) is 163 cm³/mol. The largest absolute Gasteiger partial charge is 0.481 e. The van der Waals surface area contributed by atoms with Gasteiger partial charge >= 0.3 is 5.97 Å². The molecule has 9 nitrogen and oxygen atoms in total. The lowest BCUT2D eigenvalue weighted by atomic mass is 10.0. The molecule has 0 spiro atoms. The van der Waals surface area contributed by atoms with Gasteiger partial charge in [0.25, 0.3) is 0 Å². The Labute approximate surface area is 242 Å². The summed E-state index contributed by atoms with van der Waals surface area (Å²) in [6, 6.07) is 10.1. The molecule has 0 saturated heterocycles. The van der Waals surface area contributed by atoms with E-state index in [1.807, 2.05) is 25.1 Å². The number of rotatable bonds is 16. The van der Waals surface area contributed by atoms with E-state index in [4.69, 9.17) is 15.1 Å². The summed E-state index contributed by atoms with van der Waals surface area (Å²) in [5.74, 6) is -0.808. The van der Waals surface area contributed by atoms with Crippen molar-refractivity contribution < 1.29 is 14.7 Å². The van der Waals surface area contributed by atoms with E-state index in [1.165, 1.54) is 0 Å². The number of pyridine rings is 1. The van der Waals surface area contributed by atoms with Gasteiger partial charge < -0.3 is 20.6 Å². The first kappa shape index (κ1) is 29.6. The number of carboxylic acids is 1. The normalized spacial score (nSPS) is 11.2. The van der Waals surface area contributed by atoms with Crippen molar-refractivity contribution in [3.05, 3.63) is 46.9 Å². The first-order valence-electron chi connectivity index (χ1n) is 13.7. The SMILES string of the molecule is CCCCCN(CCCC(=O)O)c1nc(-c2cc(-c3ccccn3)c3sc(CNCC(=O)NCC)nc3c2)cs1. The van der Waals surface area contributed by atoms with Gasteiger partial charge in [0.1, 0.15) is 5.01 Å². The Morgan fingerprint density at radius 2 is 1.90 bits per heavy atom. The third-order valence-corrected chi connectivity index (χ3v) is 8.33. The molecule has 11 heteroatoms. The number of aromatic nitrogens is 3. The Morgan fingerprint density at radius 3 is 2.65 bits per heavy atom. The summed E-state index contributed by atoms with van der Waals surface area (Å²) in [6.45, 7) is 6.94. The molecule has 4 rings (SSSR count). The average Bonchev–Trinajstić information content (AvgIpc) is 3.60. The van der Waals surface area contributed by atoms with Crippen LogP contribution in [0.3, 0.4) is 0 Å². The second kappa shape index (κ2) is 14.8. The third-order valence-electron chi connectivity index (χ3n) is 6.32. The first-order valence-corrected chi connectivity index (χ1v) is 15.4. The van der Waals surface area contributed by atoms with Gasteiger partial charge in [-0.1, -0.05) is 25.8 Å². The van der Waals surface area contributed by atoms with Crippen LogP contribution in [0.2, 0.25) is 0 Å². The molecule has 212 valence electrons. The zero-order valence-corrected chi connectivity index (χ0v) is 24.6. The molecule has 1 aromatic carbocycles. The summed E-state index contributed by atoms with van der Waals surface area (Å²) in [4.78, 5) is 39.6. The van der Waals surface area contributed by atoms with Crippen molar-refractivity contribution in [3.8, 4) is 22.5 Å². The van der Waals surface area contributed by atoms with Crippen LogP contribution in [0.4, 0.5) is 5.13 Å². The van der Waals surface area contributed by atoms with Crippen LogP contribution in [0.15, 0.2) is 41.9 Å². The number of thiazole rings is 2. The smallest absolute Gasteiger partial charge is 0.303 e. The summed E-state index contributed by atoms with van der Waals surface area (Å²) in [5, 5.41) is 18.9. The van der Waals surface area contributed by atoms with Crippen LogP contribution in [0.25, 0.3) is 32.7 Å². The maximum absolute atomic E-state index is 11.8. The number of amides is 1. The zero-order chi connectivity index (χ0) is 28.3. The molecule has 40 heavy (non-hydrogen) atoms. The zero-order valence-electron chi connectivity index (χ0n) is 23.0. The molecule has 3 heterocycles. The number of likely N-dealkylation sites (N-methyl/N-ethyl adjacent to an activating group) is 1. The first-order chi connectivity index (χ1) is 19.5. The van der Waals surface area contributed by atoms with E-state index in [1.54, 1.807) is 28.9 Å². The van der Waals surface area contributed by atoms with Crippen molar-refractivity contribution in [2.75, 3.05) is 31.1 Å². The van der Waals surface area contributed by atoms with Gasteiger partial charge in [0, 0.05) is 55.3 Å². The number of nitrogens with one attached hydrogen (secondary N) is 2. The molecule has 1 amide bonds. The molecule has 3 N–H and O–H groups in total. The summed E-state index contributed by atoms with van der Waals surface area (Å²) in [5.41, 5.74) is 4.55. The summed E-state index contributed by atoms with van der Waals surface area (Å²) < 4.78 is 1.04. The van der Waals surface area contributed by atoms with Crippen molar-refractivity contribution in [3.63, 3.8) is 0 Å². The van der Waals surface area contributed by atoms with Crippen molar-refractivity contribution >= 4 is 49.9 Å². The molecule has 0 aliphatic rings. The van der Waals surface area contributed by atoms with Gasteiger partial charge in [-0.2, -0.15) is 0 Å². The fourth-order valence-electron chi connectivity index (χ4n) is 4.38. The van der Waals surface area contributed by atoms with E-state index in [0.717, 1.165) is 68.7 Å². The van der Waals surface area contributed by atoms with E-state index in [9.17, 15) is 9.59 Å². The van der Waals surface area contributed by atoms with Crippen LogP contribution in [-0.4, -0.2) is 58.1 Å². The van der Waals surface area contributed by atoms with Crippen LogP contribution in [0.1, 0.15) is 51.0 Å². The summed E-state index contributed by atoms with van der Waals surface area (Å²) in [6.07, 6.45) is 5.82. The van der Waals surface area contributed by atoms with Crippen LogP contribution in [0, 0.1) is 0 Å². The topological polar surface area (TPSA) is 120 Å². The van der Waals surface area contributed by atoms with Crippen LogP contribution < -0.4 is 15.5 Å². The highest BCUT2D eigenvalue weighted by Crippen LogP contribution is 2.37. The van der Waals surface area contributed by atoms with Crippen LogP contribution in [-0.2, 0) is 16.1 Å². The van der Waals surface area contributed by atoms with Crippen molar-refractivity contribution in [1.29, 1.82) is 0 Å². The fraction of sp³-hybridized carbons (Fsp3) is 0.414. The number of fused-ring (bicyclic) bond motifs is 1. The van der Waals surface area contributed by atoms with E-state index in [0.29, 0.717) is 26.1 Å². The van der Waals surface area contributed by atoms with Gasteiger partial charge in [0.15, 0.2) is 5.13 Å². The van der Waals surface area contributed by atoms with E-state index in [-0.39, 0.29) is 18.9 Å².